The number of amides is 2. The number of aryl methyl sites for hydroxylation is 1. The van der Waals surface area contributed by atoms with Crippen molar-refractivity contribution < 1.29 is 19.1 Å². The van der Waals surface area contributed by atoms with Crippen LogP contribution in [0, 0.1) is 6.92 Å². The van der Waals surface area contributed by atoms with Gasteiger partial charge in [0.25, 0.3) is 0 Å². The van der Waals surface area contributed by atoms with Crippen molar-refractivity contribution in [2.45, 2.75) is 26.1 Å². The highest BCUT2D eigenvalue weighted by Gasteiger charge is 2.32. The van der Waals surface area contributed by atoms with Crippen LogP contribution in [0.15, 0.2) is 53.6 Å². The second kappa shape index (κ2) is 8.26. The Morgan fingerprint density at radius 3 is 2.25 bits per heavy atom. The second-order valence-corrected chi connectivity index (χ2v) is 7.31. The van der Waals surface area contributed by atoms with Gasteiger partial charge in [-0.3, -0.25) is 9.59 Å². The molecule has 2 aromatic rings. The van der Waals surface area contributed by atoms with Crippen molar-refractivity contribution in [3.8, 4) is 5.75 Å². The molecule has 1 aliphatic rings. The summed E-state index contributed by atoms with van der Waals surface area (Å²) in [6, 6.07) is 14.0. The van der Waals surface area contributed by atoms with E-state index in [2.05, 4.69) is 10.4 Å². The lowest BCUT2D eigenvalue weighted by atomic mass is 10.1. The molecule has 0 radical (unpaired) electrons. The first-order chi connectivity index (χ1) is 13.3. The van der Waals surface area contributed by atoms with E-state index in [9.17, 15) is 14.4 Å². The summed E-state index contributed by atoms with van der Waals surface area (Å²) in [7, 11) is 0. The van der Waals surface area contributed by atoms with Crippen LogP contribution in [-0.2, 0) is 9.59 Å². The standard InChI is InChI=1S/C20H19N3O4S/c1-12-4-6-16(7-5-12)19(26)27-17-10-8-15(9-11-17)18-23(14(3)25)22-20(28-18)21-13(2)24/h4-11,18H,1-3H3,(H,21,22,24). The number of ether oxygens (including phenoxy) is 1. The summed E-state index contributed by atoms with van der Waals surface area (Å²) in [6.07, 6.45) is 0. The number of hydrazone groups is 1. The van der Waals surface area contributed by atoms with Gasteiger partial charge in [-0.15, -0.1) is 5.10 Å². The van der Waals surface area contributed by atoms with E-state index in [1.165, 1.54) is 30.6 Å². The average Bonchev–Trinajstić information content (AvgIpc) is 3.06. The molecule has 3 rings (SSSR count). The number of carbonyl (C=O) groups excluding carboxylic acids is 3. The number of benzene rings is 2. The lowest BCUT2D eigenvalue weighted by Gasteiger charge is -2.19. The molecule has 0 saturated carbocycles. The largest absolute Gasteiger partial charge is 0.423 e. The zero-order valence-electron chi connectivity index (χ0n) is 15.6. The van der Waals surface area contributed by atoms with E-state index in [-0.39, 0.29) is 11.8 Å². The first-order valence-corrected chi connectivity index (χ1v) is 9.43. The number of esters is 1. The number of nitrogens with zero attached hydrogens (tertiary/aromatic N) is 2. The van der Waals surface area contributed by atoms with Crippen LogP contribution in [-0.4, -0.2) is 28.0 Å². The van der Waals surface area contributed by atoms with Crippen LogP contribution in [0.5, 0.6) is 5.75 Å². The average molecular weight is 397 g/mol. The fourth-order valence-electron chi connectivity index (χ4n) is 2.54. The van der Waals surface area contributed by atoms with Crippen LogP contribution in [0.2, 0.25) is 0 Å². The van der Waals surface area contributed by atoms with Crippen LogP contribution < -0.4 is 10.1 Å². The number of hydrogen-bond acceptors (Lipinski definition) is 6. The number of amidine groups is 1. The SMILES string of the molecule is CC(=O)NC1=NN(C(C)=O)C(c2ccc(OC(=O)c3ccc(C)cc3)cc2)S1. The fraction of sp³-hybridized carbons (Fsp3) is 0.200. The molecule has 0 aliphatic carbocycles. The molecule has 0 aromatic heterocycles. The minimum atomic E-state index is -0.440. The molecule has 0 fully saturated rings. The molecule has 8 heteroatoms. The van der Waals surface area contributed by atoms with Crippen LogP contribution in [0.4, 0.5) is 0 Å². The van der Waals surface area contributed by atoms with Crippen molar-refractivity contribution >= 4 is 34.7 Å². The van der Waals surface area contributed by atoms with E-state index in [0.29, 0.717) is 16.5 Å². The molecule has 2 amide bonds. The topological polar surface area (TPSA) is 88.1 Å². The summed E-state index contributed by atoms with van der Waals surface area (Å²) in [5.74, 6) is -0.541. The minimum absolute atomic E-state index is 0.243. The first kappa shape index (κ1) is 19.6. The normalized spacial score (nSPS) is 15.8. The number of hydrogen-bond donors (Lipinski definition) is 1. The van der Waals surface area contributed by atoms with Crippen molar-refractivity contribution in [3.05, 3.63) is 65.2 Å². The van der Waals surface area contributed by atoms with Gasteiger partial charge in [0.1, 0.15) is 11.1 Å². The molecular formula is C20H19N3O4S. The highest BCUT2D eigenvalue weighted by Crippen LogP contribution is 2.39. The Bertz CT molecular complexity index is 939. The third-order valence-corrected chi connectivity index (χ3v) is 5.01. The highest BCUT2D eigenvalue weighted by molar-refractivity contribution is 8.14. The Kier molecular flexibility index (Phi) is 5.79. The van der Waals surface area contributed by atoms with Gasteiger partial charge >= 0.3 is 5.97 Å². The third kappa shape index (κ3) is 4.58. The van der Waals surface area contributed by atoms with Gasteiger partial charge < -0.3 is 10.1 Å². The van der Waals surface area contributed by atoms with Crippen molar-refractivity contribution in [2.75, 3.05) is 0 Å². The molecule has 144 valence electrons. The Balaban J connectivity index is 1.71. The molecule has 7 nitrogen and oxygen atoms in total. The number of thioether (sulfide) groups is 1. The Morgan fingerprint density at radius 2 is 1.68 bits per heavy atom. The molecule has 1 aliphatic heterocycles. The molecule has 0 saturated heterocycles. The van der Waals surface area contributed by atoms with Gasteiger partial charge in [0, 0.05) is 13.8 Å². The molecule has 1 N–H and O–H groups in total. The zero-order valence-corrected chi connectivity index (χ0v) is 16.4. The maximum atomic E-state index is 12.2. The van der Waals surface area contributed by atoms with Crippen LogP contribution in [0.1, 0.15) is 40.7 Å². The Hall–Kier alpha value is -3.13. The number of rotatable bonds is 3. The molecule has 2 aromatic carbocycles. The van der Waals surface area contributed by atoms with E-state index < -0.39 is 11.3 Å². The second-order valence-electron chi connectivity index (χ2n) is 6.24. The molecule has 1 atom stereocenters. The molecule has 0 spiro atoms. The first-order valence-electron chi connectivity index (χ1n) is 8.55. The fourth-order valence-corrected chi connectivity index (χ4v) is 3.67. The van der Waals surface area contributed by atoms with Gasteiger partial charge in [-0.05, 0) is 36.8 Å². The van der Waals surface area contributed by atoms with Gasteiger partial charge in [0.05, 0.1) is 5.56 Å². The predicted molar refractivity (Wildman–Crippen MR) is 107 cm³/mol. The molecule has 1 unspecified atom stereocenters. The van der Waals surface area contributed by atoms with Gasteiger partial charge in [0.2, 0.25) is 11.8 Å². The predicted octanol–water partition coefficient (Wildman–Crippen LogP) is 3.22. The Morgan fingerprint density at radius 1 is 1.04 bits per heavy atom. The monoisotopic (exact) mass is 397 g/mol. The van der Waals surface area contributed by atoms with Crippen LogP contribution in [0.25, 0.3) is 0 Å². The molecule has 0 bridgehead atoms. The molecule has 28 heavy (non-hydrogen) atoms. The third-order valence-electron chi connectivity index (χ3n) is 3.91. The van der Waals surface area contributed by atoms with E-state index in [1.807, 2.05) is 19.1 Å². The highest BCUT2D eigenvalue weighted by atomic mass is 32.2. The van der Waals surface area contributed by atoms with E-state index in [4.69, 9.17) is 4.74 Å². The molecular weight excluding hydrogens is 378 g/mol. The minimum Gasteiger partial charge on any atom is -0.423 e. The smallest absolute Gasteiger partial charge is 0.343 e. The summed E-state index contributed by atoms with van der Waals surface area (Å²) in [5.41, 5.74) is 2.32. The number of carbonyl (C=O) groups is 3. The Labute approximate surface area is 166 Å². The maximum Gasteiger partial charge on any atom is 0.343 e. The van der Waals surface area contributed by atoms with Crippen molar-refractivity contribution in [1.82, 2.24) is 10.3 Å². The van der Waals surface area contributed by atoms with Crippen LogP contribution >= 0.6 is 11.8 Å². The lowest BCUT2D eigenvalue weighted by molar-refractivity contribution is -0.129. The van der Waals surface area contributed by atoms with Crippen molar-refractivity contribution in [1.29, 1.82) is 0 Å². The quantitative estimate of drug-likeness (QED) is 0.635. The summed E-state index contributed by atoms with van der Waals surface area (Å²) in [6.45, 7) is 4.73. The van der Waals surface area contributed by atoms with Crippen molar-refractivity contribution in [3.63, 3.8) is 0 Å². The van der Waals surface area contributed by atoms with E-state index in [1.54, 1.807) is 36.4 Å². The van der Waals surface area contributed by atoms with E-state index in [0.717, 1.165) is 11.1 Å². The summed E-state index contributed by atoms with van der Waals surface area (Å²) < 4.78 is 5.39. The van der Waals surface area contributed by atoms with Crippen LogP contribution in [0.3, 0.4) is 0 Å². The summed E-state index contributed by atoms with van der Waals surface area (Å²) in [5, 5.41) is 8.02. The summed E-state index contributed by atoms with van der Waals surface area (Å²) >= 11 is 1.26. The summed E-state index contributed by atoms with van der Waals surface area (Å²) in [4.78, 5) is 35.3. The lowest BCUT2D eigenvalue weighted by Crippen LogP contribution is -2.25. The number of nitrogens with one attached hydrogen (secondary N) is 1. The van der Waals surface area contributed by atoms with Gasteiger partial charge in [-0.1, -0.05) is 41.6 Å². The zero-order chi connectivity index (χ0) is 20.3. The molecule has 1 heterocycles. The maximum absolute atomic E-state index is 12.2. The van der Waals surface area contributed by atoms with Gasteiger partial charge in [0.15, 0.2) is 5.17 Å². The van der Waals surface area contributed by atoms with Crippen molar-refractivity contribution in [2.24, 2.45) is 5.10 Å². The van der Waals surface area contributed by atoms with E-state index >= 15 is 0 Å². The van der Waals surface area contributed by atoms with Gasteiger partial charge in [-0.2, -0.15) is 0 Å². The van der Waals surface area contributed by atoms with Gasteiger partial charge in [-0.25, -0.2) is 9.80 Å².